The van der Waals surface area contributed by atoms with Crippen LogP contribution in [-0.2, 0) is 0 Å². The van der Waals surface area contributed by atoms with Crippen molar-refractivity contribution in [3.8, 4) is 5.75 Å². The summed E-state index contributed by atoms with van der Waals surface area (Å²) >= 11 is 0. The standard InChI is InChI=1S/C13H18N2O3/c14-12-4-2-1-3-5-13(12)18-11-8-6-10(7-9-11)15(16)17/h6-9,12-13H,1-5,14H2. The van der Waals surface area contributed by atoms with Gasteiger partial charge in [-0.15, -0.1) is 0 Å². The number of benzene rings is 1. The van der Waals surface area contributed by atoms with Crippen molar-refractivity contribution in [3.63, 3.8) is 0 Å². The smallest absolute Gasteiger partial charge is 0.269 e. The van der Waals surface area contributed by atoms with Gasteiger partial charge in [0.15, 0.2) is 0 Å². The number of nitro benzene ring substituents is 1. The molecule has 0 amide bonds. The predicted octanol–water partition coefficient (Wildman–Crippen LogP) is 2.63. The zero-order valence-electron chi connectivity index (χ0n) is 10.2. The minimum absolute atomic E-state index is 0.0222. The molecule has 0 bridgehead atoms. The lowest BCUT2D eigenvalue weighted by Crippen LogP contribution is -2.37. The zero-order valence-corrected chi connectivity index (χ0v) is 10.2. The third kappa shape index (κ3) is 3.20. The number of hydrogen-bond acceptors (Lipinski definition) is 4. The van der Waals surface area contributed by atoms with Gasteiger partial charge in [-0.25, -0.2) is 0 Å². The van der Waals surface area contributed by atoms with E-state index in [1.165, 1.54) is 18.6 Å². The summed E-state index contributed by atoms with van der Waals surface area (Å²) in [6.07, 6.45) is 5.45. The highest BCUT2D eigenvalue weighted by Crippen LogP contribution is 2.24. The first kappa shape index (κ1) is 12.8. The largest absolute Gasteiger partial charge is 0.489 e. The molecule has 1 fully saturated rings. The molecule has 1 aromatic carbocycles. The Morgan fingerprint density at radius 2 is 1.83 bits per heavy atom. The molecule has 18 heavy (non-hydrogen) atoms. The second-order valence-corrected chi connectivity index (χ2v) is 4.71. The molecule has 98 valence electrons. The molecule has 2 atom stereocenters. The molecule has 5 nitrogen and oxygen atoms in total. The van der Waals surface area contributed by atoms with E-state index in [2.05, 4.69) is 0 Å². The summed E-state index contributed by atoms with van der Waals surface area (Å²) in [4.78, 5) is 10.1. The average Bonchev–Trinajstić information content (AvgIpc) is 2.56. The van der Waals surface area contributed by atoms with Crippen LogP contribution in [0.1, 0.15) is 32.1 Å². The van der Waals surface area contributed by atoms with Gasteiger partial charge < -0.3 is 10.5 Å². The maximum Gasteiger partial charge on any atom is 0.269 e. The first-order chi connectivity index (χ1) is 8.66. The second kappa shape index (κ2) is 5.82. The molecule has 0 spiro atoms. The van der Waals surface area contributed by atoms with Gasteiger partial charge in [-0.05, 0) is 31.4 Å². The summed E-state index contributed by atoms with van der Waals surface area (Å²) in [5, 5.41) is 10.5. The molecule has 2 unspecified atom stereocenters. The Hall–Kier alpha value is -1.62. The van der Waals surface area contributed by atoms with Crippen molar-refractivity contribution < 1.29 is 9.66 Å². The van der Waals surface area contributed by atoms with Gasteiger partial charge in [-0.3, -0.25) is 10.1 Å². The van der Waals surface area contributed by atoms with Crippen LogP contribution in [0.4, 0.5) is 5.69 Å². The zero-order chi connectivity index (χ0) is 13.0. The molecule has 5 heteroatoms. The van der Waals surface area contributed by atoms with Crippen LogP contribution in [0, 0.1) is 10.1 Å². The van der Waals surface area contributed by atoms with Crippen LogP contribution in [0.2, 0.25) is 0 Å². The minimum Gasteiger partial charge on any atom is -0.489 e. The summed E-state index contributed by atoms with van der Waals surface area (Å²) in [6.45, 7) is 0. The Labute approximate surface area is 106 Å². The maximum atomic E-state index is 10.5. The van der Waals surface area contributed by atoms with Crippen LogP contribution in [0.3, 0.4) is 0 Å². The van der Waals surface area contributed by atoms with E-state index in [1.807, 2.05) is 0 Å². The molecule has 2 rings (SSSR count). The normalized spacial score (nSPS) is 24.3. The molecular weight excluding hydrogens is 232 g/mol. The Balaban J connectivity index is 2.01. The lowest BCUT2D eigenvalue weighted by molar-refractivity contribution is -0.384. The molecule has 2 N–H and O–H groups in total. The summed E-state index contributed by atoms with van der Waals surface area (Å²) < 4.78 is 5.83. The third-order valence-corrected chi connectivity index (χ3v) is 3.34. The molecular formula is C13H18N2O3. The van der Waals surface area contributed by atoms with Gasteiger partial charge in [0.25, 0.3) is 5.69 Å². The average molecular weight is 250 g/mol. The molecule has 1 aromatic rings. The molecule has 0 heterocycles. The van der Waals surface area contributed by atoms with Crippen molar-refractivity contribution in [1.82, 2.24) is 0 Å². The van der Waals surface area contributed by atoms with Crippen molar-refractivity contribution in [2.24, 2.45) is 5.73 Å². The fourth-order valence-corrected chi connectivity index (χ4v) is 2.27. The van der Waals surface area contributed by atoms with Crippen LogP contribution in [0.15, 0.2) is 24.3 Å². The summed E-state index contributed by atoms with van der Waals surface area (Å²) in [5.41, 5.74) is 6.15. The summed E-state index contributed by atoms with van der Waals surface area (Å²) in [7, 11) is 0. The number of rotatable bonds is 3. The van der Waals surface area contributed by atoms with E-state index in [4.69, 9.17) is 10.5 Å². The Morgan fingerprint density at radius 1 is 1.17 bits per heavy atom. The van der Waals surface area contributed by atoms with Gasteiger partial charge in [0, 0.05) is 18.2 Å². The molecule has 0 aromatic heterocycles. The van der Waals surface area contributed by atoms with Crippen molar-refractivity contribution >= 4 is 5.69 Å². The lowest BCUT2D eigenvalue weighted by atomic mass is 10.1. The molecule has 1 saturated carbocycles. The van der Waals surface area contributed by atoms with Crippen molar-refractivity contribution in [1.29, 1.82) is 0 Å². The second-order valence-electron chi connectivity index (χ2n) is 4.71. The highest BCUT2D eigenvalue weighted by Gasteiger charge is 2.22. The van der Waals surface area contributed by atoms with Gasteiger partial charge in [0.05, 0.1) is 4.92 Å². The van der Waals surface area contributed by atoms with Gasteiger partial charge in [0.2, 0.25) is 0 Å². The number of nitrogens with two attached hydrogens (primary N) is 1. The summed E-state index contributed by atoms with van der Waals surface area (Å²) in [5.74, 6) is 0.656. The van der Waals surface area contributed by atoms with E-state index in [0.717, 1.165) is 25.7 Å². The van der Waals surface area contributed by atoms with Crippen LogP contribution in [0.25, 0.3) is 0 Å². The van der Waals surface area contributed by atoms with E-state index in [9.17, 15) is 10.1 Å². The minimum atomic E-state index is -0.416. The van der Waals surface area contributed by atoms with Crippen LogP contribution in [0.5, 0.6) is 5.75 Å². The van der Waals surface area contributed by atoms with E-state index in [1.54, 1.807) is 12.1 Å². The maximum absolute atomic E-state index is 10.5. The predicted molar refractivity (Wildman–Crippen MR) is 68.6 cm³/mol. The highest BCUT2D eigenvalue weighted by atomic mass is 16.6. The molecule has 1 aliphatic carbocycles. The van der Waals surface area contributed by atoms with E-state index in [-0.39, 0.29) is 17.8 Å². The van der Waals surface area contributed by atoms with E-state index in [0.29, 0.717) is 5.75 Å². The fourth-order valence-electron chi connectivity index (χ4n) is 2.27. The number of nitro groups is 1. The number of nitrogens with zero attached hydrogens (tertiary/aromatic N) is 1. The van der Waals surface area contributed by atoms with E-state index < -0.39 is 4.92 Å². The van der Waals surface area contributed by atoms with Crippen LogP contribution < -0.4 is 10.5 Å². The highest BCUT2D eigenvalue weighted by molar-refractivity contribution is 5.36. The SMILES string of the molecule is NC1CCCCCC1Oc1ccc([N+](=O)[O-])cc1. The van der Waals surface area contributed by atoms with Crippen molar-refractivity contribution in [3.05, 3.63) is 34.4 Å². The van der Waals surface area contributed by atoms with Crippen molar-refractivity contribution in [2.75, 3.05) is 0 Å². The Morgan fingerprint density at radius 3 is 2.50 bits per heavy atom. The van der Waals surface area contributed by atoms with Gasteiger partial charge in [-0.2, -0.15) is 0 Å². The molecule has 0 radical (unpaired) electrons. The van der Waals surface area contributed by atoms with Crippen LogP contribution >= 0.6 is 0 Å². The summed E-state index contributed by atoms with van der Waals surface area (Å²) in [6, 6.07) is 6.24. The first-order valence-electron chi connectivity index (χ1n) is 6.33. The monoisotopic (exact) mass is 250 g/mol. The van der Waals surface area contributed by atoms with Crippen LogP contribution in [-0.4, -0.2) is 17.1 Å². The quantitative estimate of drug-likeness (QED) is 0.508. The first-order valence-corrected chi connectivity index (χ1v) is 6.33. The topological polar surface area (TPSA) is 78.4 Å². The molecule has 1 aliphatic rings. The molecule has 0 aliphatic heterocycles. The van der Waals surface area contributed by atoms with Gasteiger partial charge in [0.1, 0.15) is 11.9 Å². The fraction of sp³-hybridized carbons (Fsp3) is 0.538. The lowest BCUT2D eigenvalue weighted by Gasteiger charge is -2.22. The van der Waals surface area contributed by atoms with E-state index >= 15 is 0 Å². The number of ether oxygens (including phenoxy) is 1. The van der Waals surface area contributed by atoms with Crippen molar-refractivity contribution in [2.45, 2.75) is 44.2 Å². The Bertz CT molecular complexity index is 405. The van der Waals surface area contributed by atoms with Gasteiger partial charge in [-0.1, -0.05) is 12.8 Å². The Kier molecular flexibility index (Phi) is 4.15. The molecule has 0 saturated heterocycles. The number of non-ortho nitro benzene ring substituents is 1. The van der Waals surface area contributed by atoms with Gasteiger partial charge >= 0.3 is 0 Å². The third-order valence-electron chi connectivity index (χ3n) is 3.34. The number of hydrogen-bond donors (Lipinski definition) is 1.